The molecular formula is C16H14F4N4O2. The summed E-state index contributed by atoms with van der Waals surface area (Å²) in [7, 11) is 1.52. The Labute approximate surface area is 145 Å². The van der Waals surface area contributed by atoms with Crippen molar-refractivity contribution in [3.8, 4) is 17.0 Å². The predicted octanol–water partition coefficient (Wildman–Crippen LogP) is 3.41. The van der Waals surface area contributed by atoms with E-state index >= 15 is 0 Å². The third kappa shape index (κ3) is 3.59. The number of alkyl halides is 3. The molecule has 0 saturated carbocycles. The second kappa shape index (κ2) is 6.87. The first-order valence-corrected chi connectivity index (χ1v) is 7.51. The zero-order valence-corrected chi connectivity index (χ0v) is 13.8. The molecule has 0 saturated heterocycles. The van der Waals surface area contributed by atoms with E-state index in [1.165, 1.54) is 17.8 Å². The molecule has 0 aliphatic carbocycles. The molecule has 0 bridgehead atoms. The molecule has 0 fully saturated rings. The van der Waals surface area contributed by atoms with Crippen LogP contribution in [0.5, 0.6) is 5.88 Å². The summed E-state index contributed by atoms with van der Waals surface area (Å²) in [5.74, 6) is -1.69. The maximum atomic E-state index is 14.1. The van der Waals surface area contributed by atoms with Crippen molar-refractivity contribution in [1.82, 2.24) is 19.8 Å². The van der Waals surface area contributed by atoms with Crippen molar-refractivity contribution < 1.29 is 27.0 Å². The number of fused-ring (bicyclic) bond motifs is 1. The van der Waals surface area contributed by atoms with Gasteiger partial charge in [-0.25, -0.2) is 13.9 Å². The average molecular weight is 370 g/mol. The van der Waals surface area contributed by atoms with Gasteiger partial charge < -0.3 is 9.47 Å². The van der Waals surface area contributed by atoms with Crippen molar-refractivity contribution in [2.75, 3.05) is 7.11 Å². The lowest BCUT2D eigenvalue weighted by molar-refractivity contribution is -0.190. The normalized spacial score (nSPS) is 13.2. The molecule has 138 valence electrons. The number of rotatable bonds is 5. The summed E-state index contributed by atoms with van der Waals surface area (Å²) < 4.78 is 62.9. The van der Waals surface area contributed by atoms with Crippen LogP contribution in [0.4, 0.5) is 17.6 Å². The lowest BCUT2D eigenvalue weighted by Gasteiger charge is -2.17. The molecule has 0 aliphatic rings. The maximum Gasteiger partial charge on any atom is 0.425 e. The van der Waals surface area contributed by atoms with E-state index in [0.29, 0.717) is 22.3 Å². The highest BCUT2D eigenvalue weighted by Crippen LogP contribution is 2.28. The average Bonchev–Trinajstić information content (AvgIpc) is 2.98. The summed E-state index contributed by atoms with van der Waals surface area (Å²) in [6, 6.07) is 4.44. The highest BCUT2D eigenvalue weighted by molar-refractivity contribution is 5.69. The number of pyridine rings is 2. The molecule has 0 spiro atoms. The van der Waals surface area contributed by atoms with Gasteiger partial charge in [-0.2, -0.15) is 13.2 Å². The molecular weight excluding hydrogens is 356 g/mol. The van der Waals surface area contributed by atoms with Gasteiger partial charge in [-0.05, 0) is 30.7 Å². The van der Waals surface area contributed by atoms with Gasteiger partial charge in [0, 0.05) is 25.1 Å². The summed E-state index contributed by atoms with van der Waals surface area (Å²) in [6.07, 6.45) is -3.90. The van der Waals surface area contributed by atoms with Crippen molar-refractivity contribution in [3.05, 3.63) is 42.1 Å². The predicted molar refractivity (Wildman–Crippen MR) is 83.0 cm³/mol. The Bertz CT molecular complexity index is 926. The quantitative estimate of drug-likeness (QED) is 0.644. The van der Waals surface area contributed by atoms with E-state index in [1.54, 1.807) is 18.3 Å². The van der Waals surface area contributed by atoms with E-state index in [-0.39, 0.29) is 6.61 Å². The number of hydrogen-bond donors (Lipinski definition) is 0. The molecule has 0 N–H and O–H groups in total. The number of methoxy groups -OCH3 is 1. The fraction of sp³-hybridized carbons (Fsp3) is 0.312. The molecule has 0 aliphatic heterocycles. The van der Waals surface area contributed by atoms with Gasteiger partial charge >= 0.3 is 6.18 Å². The van der Waals surface area contributed by atoms with Crippen molar-refractivity contribution in [2.24, 2.45) is 0 Å². The van der Waals surface area contributed by atoms with Crippen LogP contribution in [0.25, 0.3) is 16.6 Å². The van der Waals surface area contributed by atoms with Crippen LogP contribution in [0.1, 0.15) is 12.6 Å². The van der Waals surface area contributed by atoms with E-state index in [0.717, 1.165) is 13.0 Å². The molecule has 0 unspecified atom stereocenters. The number of aromatic nitrogens is 4. The Kier molecular flexibility index (Phi) is 4.77. The Morgan fingerprint density at radius 1 is 1.23 bits per heavy atom. The number of nitrogens with zero attached hydrogens (tertiary/aromatic N) is 4. The van der Waals surface area contributed by atoms with Gasteiger partial charge in [0.25, 0.3) is 5.88 Å². The van der Waals surface area contributed by atoms with E-state index in [1.807, 2.05) is 0 Å². The Morgan fingerprint density at radius 3 is 2.65 bits per heavy atom. The molecule has 3 aromatic heterocycles. The highest BCUT2D eigenvalue weighted by Gasteiger charge is 2.38. The number of halogens is 4. The van der Waals surface area contributed by atoms with Gasteiger partial charge in [0.1, 0.15) is 5.69 Å². The van der Waals surface area contributed by atoms with Gasteiger partial charge in [-0.15, -0.1) is 5.10 Å². The van der Waals surface area contributed by atoms with E-state index in [4.69, 9.17) is 4.74 Å². The third-order valence-electron chi connectivity index (χ3n) is 3.66. The minimum atomic E-state index is -4.61. The van der Waals surface area contributed by atoms with E-state index in [2.05, 4.69) is 20.0 Å². The summed E-state index contributed by atoms with van der Waals surface area (Å²) >= 11 is 0. The maximum absolute atomic E-state index is 14.1. The molecule has 3 heterocycles. The smallest absolute Gasteiger partial charge is 0.425 e. The van der Waals surface area contributed by atoms with Gasteiger partial charge in [0.05, 0.1) is 12.1 Å². The zero-order valence-electron chi connectivity index (χ0n) is 13.8. The Hall–Kier alpha value is -2.75. The van der Waals surface area contributed by atoms with Gasteiger partial charge in [-0.1, -0.05) is 5.21 Å². The topological polar surface area (TPSA) is 61.5 Å². The van der Waals surface area contributed by atoms with Crippen molar-refractivity contribution >= 4 is 5.52 Å². The van der Waals surface area contributed by atoms with Crippen LogP contribution < -0.4 is 4.74 Å². The molecule has 0 aromatic carbocycles. The molecule has 0 amide bonds. The number of ether oxygens (including phenoxy) is 2. The standard InChI is InChI=1S/C16H14F4N4O2/c1-9(16(18,19)20)26-15-12(17)5-11(7-21-15)10-3-4-24-14(6-10)13(8-25-2)22-23-24/h3-7,9H,8H2,1-2H3/t9-/m0/s1. The van der Waals surface area contributed by atoms with Crippen molar-refractivity contribution in [2.45, 2.75) is 25.8 Å². The fourth-order valence-corrected chi connectivity index (χ4v) is 2.26. The second-order valence-corrected chi connectivity index (χ2v) is 5.53. The highest BCUT2D eigenvalue weighted by atomic mass is 19.4. The third-order valence-corrected chi connectivity index (χ3v) is 3.66. The molecule has 6 nitrogen and oxygen atoms in total. The first-order chi connectivity index (χ1) is 12.3. The molecule has 3 aromatic rings. The molecule has 10 heteroatoms. The Morgan fingerprint density at radius 2 is 2.00 bits per heavy atom. The molecule has 3 rings (SSSR count). The minimum Gasteiger partial charge on any atom is -0.463 e. The first kappa shape index (κ1) is 18.1. The van der Waals surface area contributed by atoms with Crippen LogP contribution in [0.2, 0.25) is 0 Å². The number of hydrogen-bond acceptors (Lipinski definition) is 5. The zero-order chi connectivity index (χ0) is 18.9. The van der Waals surface area contributed by atoms with E-state index < -0.39 is 24.0 Å². The SMILES string of the molecule is COCc1nnn2ccc(-c3cnc(O[C@@H](C)C(F)(F)F)c(F)c3)cc12. The summed E-state index contributed by atoms with van der Waals surface area (Å²) in [4.78, 5) is 3.67. The van der Waals surface area contributed by atoms with Crippen molar-refractivity contribution in [1.29, 1.82) is 0 Å². The van der Waals surface area contributed by atoms with Crippen LogP contribution in [0, 0.1) is 5.82 Å². The van der Waals surface area contributed by atoms with E-state index in [9.17, 15) is 17.6 Å². The van der Waals surface area contributed by atoms with Crippen LogP contribution in [-0.4, -0.2) is 39.2 Å². The summed E-state index contributed by atoms with van der Waals surface area (Å²) in [5.41, 5.74) is 2.23. The monoisotopic (exact) mass is 370 g/mol. The lowest BCUT2D eigenvalue weighted by Crippen LogP contribution is -2.31. The fourth-order valence-electron chi connectivity index (χ4n) is 2.26. The molecule has 26 heavy (non-hydrogen) atoms. The minimum absolute atomic E-state index is 0.252. The Balaban J connectivity index is 1.91. The van der Waals surface area contributed by atoms with Gasteiger partial charge in [0.15, 0.2) is 11.9 Å². The van der Waals surface area contributed by atoms with Crippen molar-refractivity contribution in [3.63, 3.8) is 0 Å². The second-order valence-electron chi connectivity index (χ2n) is 5.53. The summed E-state index contributed by atoms with van der Waals surface area (Å²) in [5, 5.41) is 7.91. The van der Waals surface area contributed by atoms with Crippen LogP contribution >= 0.6 is 0 Å². The van der Waals surface area contributed by atoms with Crippen LogP contribution in [0.3, 0.4) is 0 Å². The molecule has 0 radical (unpaired) electrons. The molecule has 1 atom stereocenters. The van der Waals surface area contributed by atoms with Gasteiger partial charge in [0.2, 0.25) is 0 Å². The van der Waals surface area contributed by atoms with Gasteiger partial charge in [-0.3, -0.25) is 0 Å². The first-order valence-electron chi connectivity index (χ1n) is 7.51. The summed E-state index contributed by atoms with van der Waals surface area (Å²) in [6.45, 7) is 1.04. The van der Waals surface area contributed by atoms with Crippen LogP contribution in [0.15, 0.2) is 30.6 Å². The largest absolute Gasteiger partial charge is 0.463 e. The van der Waals surface area contributed by atoms with Crippen LogP contribution in [-0.2, 0) is 11.3 Å². The lowest BCUT2D eigenvalue weighted by atomic mass is 10.1.